The average molecular weight is 333 g/mol. The van der Waals surface area contributed by atoms with Crippen LogP contribution < -0.4 is 5.32 Å². The highest BCUT2D eigenvalue weighted by atomic mass is 16.2. The van der Waals surface area contributed by atoms with Crippen LogP contribution in [0.4, 0.5) is 0 Å². The van der Waals surface area contributed by atoms with Crippen LogP contribution in [-0.2, 0) is 23.3 Å². The molecule has 1 aromatic heterocycles. The predicted octanol–water partition coefficient (Wildman–Crippen LogP) is 3.53. The molecule has 3 rings (SSSR count). The molecule has 0 unspecified atom stereocenters. The Balaban J connectivity index is 1.58. The summed E-state index contributed by atoms with van der Waals surface area (Å²) in [4.78, 5) is 16.6. The zero-order valence-corrected chi connectivity index (χ0v) is 14.6. The Morgan fingerprint density at radius 2 is 1.72 bits per heavy atom. The van der Waals surface area contributed by atoms with Gasteiger partial charge < -0.3 is 9.88 Å². The van der Waals surface area contributed by atoms with Gasteiger partial charge in [-0.2, -0.15) is 0 Å². The van der Waals surface area contributed by atoms with Crippen LogP contribution in [0.15, 0.2) is 73.3 Å². The van der Waals surface area contributed by atoms with Crippen LogP contribution in [0.3, 0.4) is 0 Å². The van der Waals surface area contributed by atoms with Crippen molar-refractivity contribution in [1.82, 2.24) is 14.9 Å². The SMILES string of the molecule is CC(C)(C(=O)NCc1ccc(Cn2ccnc2)cc1)c1ccccc1. The second-order valence-electron chi connectivity index (χ2n) is 6.73. The van der Waals surface area contributed by atoms with Gasteiger partial charge in [0, 0.05) is 25.5 Å². The minimum Gasteiger partial charge on any atom is -0.351 e. The quantitative estimate of drug-likeness (QED) is 0.750. The van der Waals surface area contributed by atoms with Gasteiger partial charge in [-0.25, -0.2) is 4.98 Å². The van der Waals surface area contributed by atoms with Crippen molar-refractivity contribution in [3.05, 3.63) is 90.0 Å². The molecule has 0 radical (unpaired) electrons. The molecule has 0 aliphatic carbocycles. The van der Waals surface area contributed by atoms with Crippen LogP contribution in [0, 0.1) is 0 Å². The molecule has 0 spiro atoms. The van der Waals surface area contributed by atoms with Crippen LogP contribution >= 0.6 is 0 Å². The van der Waals surface area contributed by atoms with Crippen molar-refractivity contribution in [2.75, 3.05) is 0 Å². The number of imidazole rings is 1. The number of hydrogen-bond acceptors (Lipinski definition) is 2. The maximum atomic E-state index is 12.6. The van der Waals surface area contributed by atoms with Gasteiger partial charge in [0.1, 0.15) is 0 Å². The molecule has 1 amide bonds. The first-order chi connectivity index (χ1) is 12.1. The van der Waals surface area contributed by atoms with Gasteiger partial charge >= 0.3 is 0 Å². The highest BCUT2D eigenvalue weighted by Gasteiger charge is 2.29. The molecule has 0 atom stereocenters. The van der Waals surface area contributed by atoms with Gasteiger partial charge in [-0.3, -0.25) is 4.79 Å². The molecule has 1 heterocycles. The van der Waals surface area contributed by atoms with Crippen LogP contribution in [0.2, 0.25) is 0 Å². The van der Waals surface area contributed by atoms with E-state index in [0.717, 1.165) is 17.7 Å². The van der Waals surface area contributed by atoms with E-state index >= 15 is 0 Å². The number of amides is 1. The number of aromatic nitrogens is 2. The molecule has 1 N–H and O–H groups in total. The Morgan fingerprint density at radius 3 is 2.36 bits per heavy atom. The summed E-state index contributed by atoms with van der Waals surface area (Å²) >= 11 is 0. The van der Waals surface area contributed by atoms with Crippen LogP contribution in [0.5, 0.6) is 0 Å². The van der Waals surface area contributed by atoms with Crippen molar-refractivity contribution in [2.24, 2.45) is 0 Å². The molecule has 0 fully saturated rings. The fourth-order valence-corrected chi connectivity index (χ4v) is 2.74. The van der Waals surface area contributed by atoms with Crippen LogP contribution in [0.1, 0.15) is 30.5 Å². The number of carbonyl (C=O) groups excluding carboxylic acids is 1. The molecule has 0 saturated heterocycles. The third-order valence-electron chi connectivity index (χ3n) is 4.46. The summed E-state index contributed by atoms with van der Waals surface area (Å²) in [6, 6.07) is 18.2. The van der Waals surface area contributed by atoms with E-state index in [1.807, 2.05) is 54.9 Å². The zero-order chi connectivity index (χ0) is 17.7. The fraction of sp³-hybridized carbons (Fsp3) is 0.238. The van der Waals surface area contributed by atoms with Crippen molar-refractivity contribution in [2.45, 2.75) is 32.4 Å². The smallest absolute Gasteiger partial charge is 0.230 e. The van der Waals surface area contributed by atoms with E-state index in [1.54, 1.807) is 12.5 Å². The van der Waals surface area contributed by atoms with Crippen LogP contribution in [-0.4, -0.2) is 15.5 Å². The van der Waals surface area contributed by atoms with E-state index < -0.39 is 5.41 Å². The predicted molar refractivity (Wildman–Crippen MR) is 99.1 cm³/mol. The van der Waals surface area contributed by atoms with Gasteiger partial charge in [-0.1, -0.05) is 54.6 Å². The van der Waals surface area contributed by atoms with Gasteiger partial charge in [-0.15, -0.1) is 0 Å². The van der Waals surface area contributed by atoms with Gasteiger partial charge in [0.2, 0.25) is 5.91 Å². The Bertz CT molecular complexity index is 806. The van der Waals surface area contributed by atoms with Crippen molar-refractivity contribution in [1.29, 1.82) is 0 Å². The Hall–Kier alpha value is -2.88. The third-order valence-corrected chi connectivity index (χ3v) is 4.46. The molecule has 128 valence electrons. The molecule has 4 heteroatoms. The number of benzene rings is 2. The molecule has 0 aliphatic heterocycles. The summed E-state index contributed by atoms with van der Waals surface area (Å²) in [6.45, 7) is 5.23. The number of rotatable bonds is 6. The molecule has 0 aliphatic rings. The molecule has 2 aromatic carbocycles. The second-order valence-corrected chi connectivity index (χ2v) is 6.73. The summed E-state index contributed by atoms with van der Waals surface area (Å²) in [5.74, 6) is 0.0289. The maximum absolute atomic E-state index is 12.6. The fourth-order valence-electron chi connectivity index (χ4n) is 2.74. The minimum atomic E-state index is -0.553. The number of carbonyl (C=O) groups is 1. The molecule has 4 nitrogen and oxygen atoms in total. The highest BCUT2D eigenvalue weighted by Crippen LogP contribution is 2.23. The standard InChI is InChI=1S/C21H23N3O/c1-21(2,19-6-4-3-5-7-19)20(25)23-14-17-8-10-18(11-9-17)15-24-13-12-22-16-24/h3-13,16H,14-15H2,1-2H3,(H,23,25). The van der Waals surface area contributed by atoms with Crippen molar-refractivity contribution in [3.63, 3.8) is 0 Å². The van der Waals surface area contributed by atoms with E-state index in [1.165, 1.54) is 5.56 Å². The van der Waals surface area contributed by atoms with E-state index in [4.69, 9.17) is 0 Å². The normalized spacial score (nSPS) is 11.3. The number of hydrogen-bond donors (Lipinski definition) is 1. The van der Waals surface area contributed by atoms with Gasteiger partial charge in [0.05, 0.1) is 11.7 Å². The Labute approximate surface area is 148 Å². The van der Waals surface area contributed by atoms with Crippen molar-refractivity contribution in [3.8, 4) is 0 Å². The Morgan fingerprint density at radius 1 is 1.04 bits per heavy atom. The lowest BCUT2D eigenvalue weighted by molar-refractivity contribution is -0.125. The Kier molecular flexibility index (Phi) is 4.98. The number of nitrogens with one attached hydrogen (secondary N) is 1. The third kappa shape index (κ3) is 4.15. The first-order valence-corrected chi connectivity index (χ1v) is 8.43. The van der Waals surface area contributed by atoms with Crippen LogP contribution in [0.25, 0.3) is 0 Å². The monoisotopic (exact) mass is 333 g/mol. The summed E-state index contributed by atoms with van der Waals surface area (Å²) in [5, 5.41) is 3.05. The summed E-state index contributed by atoms with van der Waals surface area (Å²) < 4.78 is 2.03. The molecule has 0 bridgehead atoms. The summed E-state index contributed by atoms with van der Waals surface area (Å²) in [7, 11) is 0. The second kappa shape index (κ2) is 7.34. The molecule has 3 aromatic rings. The highest BCUT2D eigenvalue weighted by molar-refractivity contribution is 5.87. The van der Waals surface area contributed by atoms with Crippen molar-refractivity contribution < 1.29 is 4.79 Å². The number of nitrogens with zero attached hydrogens (tertiary/aromatic N) is 2. The topological polar surface area (TPSA) is 46.9 Å². The average Bonchev–Trinajstić information content (AvgIpc) is 3.14. The van der Waals surface area contributed by atoms with E-state index in [9.17, 15) is 4.79 Å². The lowest BCUT2D eigenvalue weighted by Gasteiger charge is -2.24. The molecule has 25 heavy (non-hydrogen) atoms. The maximum Gasteiger partial charge on any atom is 0.230 e. The van der Waals surface area contributed by atoms with Gasteiger partial charge in [-0.05, 0) is 30.5 Å². The lowest BCUT2D eigenvalue weighted by Crippen LogP contribution is -2.39. The zero-order valence-electron chi connectivity index (χ0n) is 14.6. The molecular weight excluding hydrogens is 310 g/mol. The minimum absolute atomic E-state index is 0.0289. The summed E-state index contributed by atoms with van der Waals surface area (Å²) in [5.41, 5.74) is 2.76. The first-order valence-electron chi connectivity index (χ1n) is 8.43. The van der Waals surface area contributed by atoms with Gasteiger partial charge in [0.15, 0.2) is 0 Å². The van der Waals surface area contributed by atoms with Crippen molar-refractivity contribution >= 4 is 5.91 Å². The van der Waals surface area contributed by atoms with E-state index in [0.29, 0.717) is 6.54 Å². The van der Waals surface area contributed by atoms with Gasteiger partial charge in [0.25, 0.3) is 0 Å². The first kappa shape index (κ1) is 17.0. The molecular formula is C21H23N3O. The largest absolute Gasteiger partial charge is 0.351 e. The lowest BCUT2D eigenvalue weighted by atomic mass is 9.84. The molecule has 0 saturated carbocycles. The summed E-state index contributed by atoms with van der Waals surface area (Å²) in [6.07, 6.45) is 5.53. The van der Waals surface area contributed by atoms with E-state index in [2.05, 4.69) is 34.6 Å². The van der Waals surface area contributed by atoms with E-state index in [-0.39, 0.29) is 5.91 Å².